The van der Waals surface area contributed by atoms with Gasteiger partial charge in [-0.1, -0.05) is 6.58 Å². The van der Waals surface area contributed by atoms with Crippen LogP contribution in [0, 0.1) is 5.82 Å². The lowest BCUT2D eigenvalue weighted by Crippen LogP contribution is -2.40. The van der Waals surface area contributed by atoms with Gasteiger partial charge in [-0.15, -0.1) is 0 Å². The molecule has 1 aromatic carbocycles. The number of anilines is 1. The van der Waals surface area contributed by atoms with E-state index in [9.17, 15) is 4.39 Å². The number of ether oxygens (including phenoxy) is 1. The molecule has 0 spiro atoms. The Kier molecular flexibility index (Phi) is 3.96. The smallest absolute Gasteiger partial charge is 0.166 e. The van der Waals surface area contributed by atoms with Crippen molar-refractivity contribution >= 4 is 17.2 Å². The number of benzene rings is 1. The van der Waals surface area contributed by atoms with E-state index >= 15 is 0 Å². The lowest BCUT2D eigenvalue weighted by molar-refractivity contribution is 0.119. The molecule has 2 aromatic heterocycles. The lowest BCUT2D eigenvalue weighted by atomic mass is 10.0. The third-order valence-corrected chi connectivity index (χ3v) is 5.54. The van der Waals surface area contributed by atoms with Gasteiger partial charge in [0.2, 0.25) is 0 Å². The molecule has 5 rings (SSSR count). The molecule has 0 aliphatic carbocycles. The second-order valence-corrected chi connectivity index (χ2v) is 7.46. The fourth-order valence-corrected chi connectivity index (χ4v) is 4.05. The first kappa shape index (κ1) is 17.0. The summed E-state index contributed by atoms with van der Waals surface area (Å²) >= 11 is 0. The highest BCUT2D eigenvalue weighted by atomic mass is 19.1. The molecule has 1 saturated heterocycles. The van der Waals surface area contributed by atoms with Crippen LogP contribution in [-0.2, 0) is 0 Å². The number of hydrogen-bond donors (Lipinski definition) is 1. The Hall–Kier alpha value is -3.09. The molecule has 3 aromatic rings. The summed E-state index contributed by atoms with van der Waals surface area (Å²) in [5.74, 6) is 1.13. The van der Waals surface area contributed by atoms with E-state index in [1.807, 2.05) is 25.4 Å². The Labute approximate surface area is 162 Å². The number of fused-ring (bicyclic) bond motifs is 4. The van der Waals surface area contributed by atoms with Gasteiger partial charge in [0.05, 0.1) is 24.3 Å². The molecule has 2 aliphatic heterocycles. The molecule has 7 heteroatoms. The van der Waals surface area contributed by atoms with Crippen molar-refractivity contribution < 1.29 is 9.13 Å². The standard InChI is InChI=1S/C21H22FN5O/c1-13-17-10-15(22)5-6-19(17)28-16-4-3-8-26(12-16)14(2)18-11-23-27-9-7-20(24-13)25-21(18)27/h5-7,9-11,13,16H,2-4,8,12H2,1H3,(H,24,25)/t13-,16-/m1/s1. The minimum atomic E-state index is -0.277. The molecule has 0 radical (unpaired) electrons. The third kappa shape index (κ3) is 2.87. The fourth-order valence-electron chi connectivity index (χ4n) is 4.05. The first-order valence-corrected chi connectivity index (χ1v) is 9.60. The Bertz CT molecular complexity index is 1060. The summed E-state index contributed by atoms with van der Waals surface area (Å²) in [5.41, 5.74) is 3.36. The fraction of sp³-hybridized carbons (Fsp3) is 0.333. The van der Waals surface area contributed by atoms with Crippen LogP contribution in [0.3, 0.4) is 0 Å². The van der Waals surface area contributed by atoms with Crippen molar-refractivity contribution in [2.24, 2.45) is 0 Å². The van der Waals surface area contributed by atoms with Crippen LogP contribution in [-0.4, -0.2) is 38.7 Å². The Morgan fingerprint density at radius 2 is 2.21 bits per heavy atom. The zero-order valence-electron chi connectivity index (χ0n) is 15.7. The molecule has 1 N–H and O–H groups in total. The highest BCUT2D eigenvalue weighted by Gasteiger charge is 2.26. The summed E-state index contributed by atoms with van der Waals surface area (Å²) in [6, 6.07) is 6.40. The number of nitrogens with zero attached hydrogens (tertiary/aromatic N) is 4. The van der Waals surface area contributed by atoms with Crippen molar-refractivity contribution in [3.05, 3.63) is 60.2 Å². The maximum Gasteiger partial charge on any atom is 0.166 e. The molecule has 144 valence electrons. The van der Waals surface area contributed by atoms with Crippen molar-refractivity contribution in [3.8, 4) is 5.75 Å². The van der Waals surface area contributed by atoms with Crippen LogP contribution < -0.4 is 10.1 Å². The van der Waals surface area contributed by atoms with Crippen molar-refractivity contribution in [3.63, 3.8) is 0 Å². The predicted octanol–water partition coefficient (Wildman–Crippen LogP) is 3.87. The Balaban J connectivity index is 1.65. The molecular weight excluding hydrogens is 357 g/mol. The monoisotopic (exact) mass is 379 g/mol. The molecule has 4 heterocycles. The topological polar surface area (TPSA) is 54.7 Å². The van der Waals surface area contributed by atoms with Gasteiger partial charge < -0.3 is 15.0 Å². The van der Waals surface area contributed by atoms with Gasteiger partial charge in [-0.05, 0) is 44.0 Å². The van der Waals surface area contributed by atoms with E-state index in [1.54, 1.807) is 10.6 Å². The van der Waals surface area contributed by atoms with Gasteiger partial charge in [0.1, 0.15) is 23.5 Å². The maximum atomic E-state index is 14.0. The van der Waals surface area contributed by atoms with E-state index in [0.29, 0.717) is 11.6 Å². The summed E-state index contributed by atoms with van der Waals surface area (Å²) < 4.78 is 22.1. The zero-order chi connectivity index (χ0) is 19.3. The molecule has 2 aliphatic rings. The summed E-state index contributed by atoms with van der Waals surface area (Å²) in [7, 11) is 0. The van der Waals surface area contributed by atoms with Gasteiger partial charge in [0, 0.05) is 24.0 Å². The van der Waals surface area contributed by atoms with Crippen molar-refractivity contribution in [2.45, 2.75) is 31.9 Å². The summed E-state index contributed by atoms with van der Waals surface area (Å²) in [6.07, 6.45) is 5.66. The number of nitrogens with one attached hydrogen (secondary N) is 1. The second kappa shape index (κ2) is 6.51. The second-order valence-electron chi connectivity index (χ2n) is 7.46. The number of hydrogen-bond acceptors (Lipinski definition) is 5. The predicted molar refractivity (Wildman–Crippen MR) is 106 cm³/mol. The largest absolute Gasteiger partial charge is 0.488 e. The quantitative estimate of drug-likeness (QED) is 0.643. The van der Waals surface area contributed by atoms with Gasteiger partial charge in [-0.3, -0.25) is 0 Å². The zero-order valence-corrected chi connectivity index (χ0v) is 15.7. The molecule has 4 bridgehead atoms. The molecule has 2 atom stereocenters. The first-order valence-electron chi connectivity index (χ1n) is 9.60. The van der Waals surface area contributed by atoms with Crippen molar-refractivity contribution in [1.29, 1.82) is 0 Å². The molecule has 1 fully saturated rings. The van der Waals surface area contributed by atoms with Gasteiger partial charge in [0.15, 0.2) is 5.65 Å². The van der Waals surface area contributed by atoms with Crippen molar-refractivity contribution in [2.75, 3.05) is 18.4 Å². The van der Waals surface area contributed by atoms with Crippen LogP contribution >= 0.6 is 0 Å². The average molecular weight is 379 g/mol. The molecule has 0 amide bonds. The van der Waals surface area contributed by atoms with Crippen LogP contribution in [0.2, 0.25) is 0 Å². The summed E-state index contributed by atoms with van der Waals surface area (Å²) in [6.45, 7) is 7.95. The average Bonchev–Trinajstić information content (AvgIpc) is 3.11. The molecular formula is C21H22FN5O. The summed E-state index contributed by atoms with van der Waals surface area (Å²) in [4.78, 5) is 6.98. The molecule has 6 nitrogen and oxygen atoms in total. The minimum Gasteiger partial charge on any atom is -0.488 e. The van der Waals surface area contributed by atoms with E-state index in [4.69, 9.17) is 9.72 Å². The first-order chi connectivity index (χ1) is 13.6. The maximum absolute atomic E-state index is 14.0. The summed E-state index contributed by atoms with van der Waals surface area (Å²) in [5, 5.41) is 7.78. The number of halogens is 1. The van der Waals surface area contributed by atoms with Crippen LogP contribution in [0.1, 0.15) is 36.9 Å². The minimum absolute atomic E-state index is 0.0183. The van der Waals surface area contributed by atoms with Crippen LogP contribution in [0.15, 0.2) is 43.2 Å². The third-order valence-electron chi connectivity index (χ3n) is 5.54. The van der Waals surface area contributed by atoms with E-state index in [-0.39, 0.29) is 18.0 Å². The van der Waals surface area contributed by atoms with Crippen LogP contribution in [0.4, 0.5) is 10.2 Å². The van der Waals surface area contributed by atoms with Gasteiger partial charge >= 0.3 is 0 Å². The number of piperidine rings is 1. The Morgan fingerprint density at radius 1 is 1.32 bits per heavy atom. The highest BCUT2D eigenvalue weighted by molar-refractivity contribution is 5.74. The molecule has 0 unspecified atom stereocenters. The van der Waals surface area contributed by atoms with Crippen LogP contribution in [0.25, 0.3) is 11.3 Å². The lowest BCUT2D eigenvalue weighted by Gasteiger charge is -2.35. The number of rotatable bonds is 0. The highest BCUT2D eigenvalue weighted by Crippen LogP contribution is 2.33. The Morgan fingerprint density at radius 3 is 3.11 bits per heavy atom. The van der Waals surface area contributed by atoms with E-state index in [1.165, 1.54) is 12.1 Å². The van der Waals surface area contributed by atoms with Gasteiger partial charge in [0.25, 0.3) is 0 Å². The van der Waals surface area contributed by atoms with Gasteiger partial charge in [-0.25, -0.2) is 13.9 Å². The molecule has 0 saturated carbocycles. The van der Waals surface area contributed by atoms with Crippen molar-refractivity contribution in [1.82, 2.24) is 19.5 Å². The SMILES string of the molecule is C=C1c2cnn3ccc(nc23)N[C@H](C)c2cc(F)ccc2O[C@@H]2CCCN1C2. The number of aromatic nitrogens is 3. The van der Waals surface area contributed by atoms with E-state index < -0.39 is 0 Å². The molecule has 28 heavy (non-hydrogen) atoms. The van der Waals surface area contributed by atoms with E-state index in [0.717, 1.165) is 48.4 Å². The van der Waals surface area contributed by atoms with E-state index in [2.05, 4.69) is 21.9 Å². The van der Waals surface area contributed by atoms with Gasteiger partial charge in [-0.2, -0.15) is 5.10 Å². The van der Waals surface area contributed by atoms with Crippen LogP contribution in [0.5, 0.6) is 5.75 Å². The normalized spacial score (nSPS) is 21.9.